The second kappa shape index (κ2) is 8.56. The molecular weight excluding hydrogens is 355 g/mol. The zero-order valence-electron chi connectivity index (χ0n) is 13.3. The van der Waals surface area contributed by atoms with Crippen molar-refractivity contribution < 1.29 is 4.74 Å². The molecule has 0 atom stereocenters. The Kier molecular flexibility index (Phi) is 5.94. The minimum Gasteiger partial charge on any atom is -0.487 e. The molecule has 1 N–H and O–H groups in total. The fourth-order valence-electron chi connectivity index (χ4n) is 2.15. The predicted molar refractivity (Wildman–Crippen MR) is 105 cm³/mol. The van der Waals surface area contributed by atoms with Gasteiger partial charge in [-0.1, -0.05) is 53.5 Å². The van der Waals surface area contributed by atoms with E-state index in [0.29, 0.717) is 22.4 Å². The number of hydrazone groups is 1. The number of hydrogen-bond acceptors (Lipinski definition) is 3. The molecule has 0 aliphatic heterocycles. The molecule has 5 heteroatoms. The summed E-state index contributed by atoms with van der Waals surface area (Å²) in [5.74, 6) is 0.629. The number of nitrogens with zero attached hydrogens (tertiary/aromatic N) is 1. The van der Waals surface area contributed by atoms with Crippen LogP contribution in [0.5, 0.6) is 5.75 Å². The second-order valence-electron chi connectivity index (χ2n) is 5.34. The van der Waals surface area contributed by atoms with Crippen LogP contribution < -0.4 is 10.2 Å². The fourth-order valence-corrected chi connectivity index (χ4v) is 2.52. The standard InChI is InChI=1S/C20H16Cl2N2O/c21-17-9-6-15(7-10-17)14-25-20-11-8-16(12-19(20)22)13-23-24-18-4-2-1-3-5-18/h1-13,24H,14H2. The van der Waals surface area contributed by atoms with Crippen LogP contribution in [0.2, 0.25) is 10.0 Å². The Morgan fingerprint density at radius 3 is 2.40 bits per heavy atom. The van der Waals surface area contributed by atoms with E-state index in [2.05, 4.69) is 10.5 Å². The highest BCUT2D eigenvalue weighted by atomic mass is 35.5. The van der Waals surface area contributed by atoms with Gasteiger partial charge in [-0.25, -0.2) is 0 Å². The van der Waals surface area contributed by atoms with Crippen molar-refractivity contribution in [1.82, 2.24) is 0 Å². The molecule has 0 spiro atoms. The fraction of sp³-hybridized carbons (Fsp3) is 0.0500. The van der Waals surface area contributed by atoms with E-state index < -0.39 is 0 Å². The zero-order chi connectivity index (χ0) is 17.5. The van der Waals surface area contributed by atoms with Crippen LogP contribution in [0.25, 0.3) is 0 Å². The maximum atomic E-state index is 6.29. The van der Waals surface area contributed by atoms with Crippen molar-refractivity contribution in [3.8, 4) is 5.75 Å². The minimum absolute atomic E-state index is 0.430. The Morgan fingerprint density at radius 2 is 1.68 bits per heavy atom. The molecular formula is C20H16Cl2N2O. The first-order valence-electron chi connectivity index (χ1n) is 7.71. The summed E-state index contributed by atoms with van der Waals surface area (Å²) < 4.78 is 5.76. The molecule has 0 heterocycles. The number of benzene rings is 3. The topological polar surface area (TPSA) is 33.6 Å². The Hall–Kier alpha value is -2.49. The molecule has 0 aliphatic rings. The van der Waals surface area contributed by atoms with Gasteiger partial charge in [0, 0.05) is 5.02 Å². The van der Waals surface area contributed by atoms with Gasteiger partial charge in [-0.05, 0) is 53.6 Å². The van der Waals surface area contributed by atoms with Gasteiger partial charge in [0.05, 0.1) is 16.9 Å². The molecule has 0 fully saturated rings. The summed E-state index contributed by atoms with van der Waals surface area (Å²) >= 11 is 12.2. The third-order valence-corrected chi connectivity index (χ3v) is 3.99. The zero-order valence-corrected chi connectivity index (χ0v) is 14.8. The largest absolute Gasteiger partial charge is 0.487 e. The summed E-state index contributed by atoms with van der Waals surface area (Å²) in [5, 5.41) is 5.44. The van der Waals surface area contributed by atoms with Crippen molar-refractivity contribution in [2.45, 2.75) is 6.61 Å². The Labute approximate surface area is 156 Å². The molecule has 0 radical (unpaired) electrons. The smallest absolute Gasteiger partial charge is 0.138 e. The van der Waals surface area contributed by atoms with Crippen LogP contribution in [-0.2, 0) is 6.61 Å². The van der Waals surface area contributed by atoms with E-state index in [1.54, 1.807) is 6.21 Å². The summed E-state index contributed by atoms with van der Waals surface area (Å²) in [6, 6.07) is 22.8. The maximum Gasteiger partial charge on any atom is 0.138 e. The van der Waals surface area contributed by atoms with Crippen LogP contribution in [0.3, 0.4) is 0 Å². The molecule has 0 amide bonds. The average Bonchev–Trinajstić information content (AvgIpc) is 2.63. The minimum atomic E-state index is 0.430. The number of hydrogen-bond donors (Lipinski definition) is 1. The van der Waals surface area contributed by atoms with Crippen LogP contribution in [0.4, 0.5) is 5.69 Å². The van der Waals surface area contributed by atoms with Gasteiger partial charge in [0.1, 0.15) is 12.4 Å². The number of anilines is 1. The lowest BCUT2D eigenvalue weighted by Crippen LogP contribution is -1.96. The molecule has 3 aromatic carbocycles. The maximum absolute atomic E-state index is 6.29. The molecule has 0 aromatic heterocycles. The molecule has 3 rings (SSSR count). The lowest BCUT2D eigenvalue weighted by atomic mass is 10.2. The van der Waals surface area contributed by atoms with Gasteiger partial charge in [0.15, 0.2) is 0 Å². The van der Waals surface area contributed by atoms with Crippen LogP contribution in [0.15, 0.2) is 77.9 Å². The first-order valence-corrected chi connectivity index (χ1v) is 8.47. The second-order valence-corrected chi connectivity index (χ2v) is 6.18. The molecule has 0 saturated heterocycles. The van der Waals surface area contributed by atoms with Crippen LogP contribution in [0.1, 0.15) is 11.1 Å². The van der Waals surface area contributed by atoms with Crippen molar-refractivity contribution in [2.24, 2.45) is 5.10 Å². The quantitative estimate of drug-likeness (QED) is 0.425. The lowest BCUT2D eigenvalue weighted by molar-refractivity contribution is 0.306. The molecule has 3 nitrogen and oxygen atoms in total. The van der Waals surface area contributed by atoms with Crippen molar-refractivity contribution in [3.05, 3.63) is 94.0 Å². The number of para-hydroxylation sites is 1. The van der Waals surface area contributed by atoms with Crippen LogP contribution in [-0.4, -0.2) is 6.21 Å². The summed E-state index contributed by atoms with van der Waals surface area (Å²) in [7, 11) is 0. The summed E-state index contributed by atoms with van der Waals surface area (Å²) in [6.07, 6.45) is 1.71. The summed E-state index contributed by atoms with van der Waals surface area (Å²) in [4.78, 5) is 0. The number of ether oxygens (including phenoxy) is 1. The third-order valence-electron chi connectivity index (χ3n) is 3.44. The third kappa shape index (κ3) is 5.24. The van der Waals surface area contributed by atoms with E-state index in [9.17, 15) is 0 Å². The Morgan fingerprint density at radius 1 is 0.920 bits per heavy atom. The van der Waals surface area contributed by atoms with Gasteiger partial charge in [-0.3, -0.25) is 5.43 Å². The van der Waals surface area contributed by atoms with E-state index >= 15 is 0 Å². The molecule has 0 bridgehead atoms. The van der Waals surface area contributed by atoms with E-state index in [1.807, 2.05) is 72.8 Å². The highest BCUT2D eigenvalue weighted by molar-refractivity contribution is 6.32. The van der Waals surface area contributed by atoms with Crippen molar-refractivity contribution in [3.63, 3.8) is 0 Å². The summed E-state index contributed by atoms with van der Waals surface area (Å²) in [6.45, 7) is 0.430. The van der Waals surface area contributed by atoms with E-state index in [-0.39, 0.29) is 0 Å². The number of halogens is 2. The van der Waals surface area contributed by atoms with E-state index in [1.165, 1.54) is 0 Å². The molecule has 0 unspecified atom stereocenters. The lowest BCUT2D eigenvalue weighted by Gasteiger charge is -2.09. The predicted octanol–water partition coefficient (Wildman–Crippen LogP) is 6.02. The van der Waals surface area contributed by atoms with E-state index in [0.717, 1.165) is 16.8 Å². The average molecular weight is 371 g/mol. The molecule has 126 valence electrons. The SMILES string of the molecule is Clc1ccc(COc2ccc(C=NNc3ccccc3)cc2Cl)cc1. The first kappa shape index (κ1) is 17.3. The number of rotatable bonds is 6. The van der Waals surface area contributed by atoms with Gasteiger partial charge in [0.2, 0.25) is 0 Å². The monoisotopic (exact) mass is 370 g/mol. The van der Waals surface area contributed by atoms with Gasteiger partial charge in [-0.2, -0.15) is 5.10 Å². The van der Waals surface area contributed by atoms with Gasteiger partial charge in [0.25, 0.3) is 0 Å². The number of nitrogens with one attached hydrogen (secondary N) is 1. The van der Waals surface area contributed by atoms with Crippen LogP contribution >= 0.6 is 23.2 Å². The van der Waals surface area contributed by atoms with Crippen molar-refractivity contribution >= 4 is 35.1 Å². The Balaban J connectivity index is 1.59. The van der Waals surface area contributed by atoms with Gasteiger partial charge >= 0.3 is 0 Å². The Bertz CT molecular complexity index is 849. The van der Waals surface area contributed by atoms with Crippen molar-refractivity contribution in [1.29, 1.82) is 0 Å². The highest BCUT2D eigenvalue weighted by Gasteiger charge is 2.03. The van der Waals surface area contributed by atoms with Crippen LogP contribution in [0, 0.1) is 0 Å². The summed E-state index contributed by atoms with van der Waals surface area (Å²) in [5.41, 5.74) is 5.79. The molecule has 0 aliphatic carbocycles. The highest BCUT2D eigenvalue weighted by Crippen LogP contribution is 2.26. The van der Waals surface area contributed by atoms with E-state index in [4.69, 9.17) is 27.9 Å². The van der Waals surface area contributed by atoms with Crippen molar-refractivity contribution in [2.75, 3.05) is 5.43 Å². The molecule has 25 heavy (non-hydrogen) atoms. The normalized spacial score (nSPS) is 10.8. The van der Waals surface area contributed by atoms with Gasteiger partial charge in [-0.15, -0.1) is 0 Å². The molecule has 0 saturated carbocycles. The first-order chi connectivity index (χ1) is 12.2. The van der Waals surface area contributed by atoms with Gasteiger partial charge < -0.3 is 4.74 Å². The molecule has 3 aromatic rings.